The number of rotatable bonds is 2. The first-order chi connectivity index (χ1) is 4.68. The second-order valence-corrected chi connectivity index (χ2v) is 3.81. The minimum absolute atomic E-state index is 0.537. The molecule has 0 aromatic heterocycles. The molecule has 59 valence electrons. The second kappa shape index (κ2) is 3.38. The summed E-state index contributed by atoms with van der Waals surface area (Å²) < 4.78 is 0. The van der Waals surface area contributed by atoms with Crippen LogP contribution in [0.25, 0.3) is 0 Å². The molecule has 1 heteroatoms. The van der Waals surface area contributed by atoms with Gasteiger partial charge in [-0.05, 0) is 39.0 Å². The van der Waals surface area contributed by atoms with E-state index >= 15 is 0 Å². The molecule has 0 bridgehead atoms. The minimum Gasteiger partial charge on any atom is -0.236 e. The molecule has 10 heavy (non-hydrogen) atoms. The molecular formula is C9H18N. The molecule has 0 aromatic carbocycles. The summed E-state index contributed by atoms with van der Waals surface area (Å²) in [7, 11) is 0. The summed E-state index contributed by atoms with van der Waals surface area (Å²) >= 11 is 0. The van der Waals surface area contributed by atoms with E-state index in [-0.39, 0.29) is 0 Å². The van der Waals surface area contributed by atoms with E-state index in [1.807, 2.05) is 0 Å². The van der Waals surface area contributed by atoms with Gasteiger partial charge in [0.25, 0.3) is 0 Å². The van der Waals surface area contributed by atoms with Crippen LogP contribution < -0.4 is 5.32 Å². The van der Waals surface area contributed by atoms with Crippen LogP contribution in [0.5, 0.6) is 0 Å². The Labute approximate surface area is 64.2 Å². The molecule has 1 fully saturated rings. The highest BCUT2D eigenvalue weighted by Crippen LogP contribution is 2.25. The van der Waals surface area contributed by atoms with E-state index in [4.69, 9.17) is 0 Å². The first-order valence-electron chi connectivity index (χ1n) is 4.38. The predicted molar refractivity (Wildman–Crippen MR) is 44.1 cm³/mol. The molecule has 1 aliphatic rings. The van der Waals surface area contributed by atoms with Crippen molar-refractivity contribution in [2.24, 2.45) is 5.92 Å². The number of nitrogens with zero attached hydrogens (tertiary/aromatic N) is 1. The van der Waals surface area contributed by atoms with Crippen LogP contribution in [-0.2, 0) is 0 Å². The maximum atomic E-state index is 4.63. The van der Waals surface area contributed by atoms with E-state index in [0.717, 1.165) is 5.92 Å². The SMILES string of the molecule is CC1CCC([N]C(C)C)C1. The number of hydrogen-bond acceptors (Lipinski definition) is 0. The molecule has 1 nitrogen and oxygen atoms in total. The van der Waals surface area contributed by atoms with E-state index in [0.29, 0.717) is 12.1 Å². The third kappa shape index (κ3) is 2.30. The van der Waals surface area contributed by atoms with Gasteiger partial charge in [0, 0.05) is 12.1 Å². The fraction of sp³-hybridized carbons (Fsp3) is 1.00. The van der Waals surface area contributed by atoms with Gasteiger partial charge in [0.1, 0.15) is 0 Å². The average molecular weight is 140 g/mol. The van der Waals surface area contributed by atoms with Gasteiger partial charge in [-0.1, -0.05) is 6.92 Å². The van der Waals surface area contributed by atoms with Crippen molar-refractivity contribution in [3.63, 3.8) is 0 Å². The van der Waals surface area contributed by atoms with Gasteiger partial charge in [-0.3, -0.25) is 0 Å². The van der Waals surface area contributed by atoms with E-state index in [1.54, 1.807) is 0 Å². The zero-order valence-corrected chi connectivity index (χ0v) is 7.30. The lowest BCUT2D eigenvalue weighted by Gasteiger charge is -2.12. The maximum absolute atomic E-state index is 4.63. The fourth-order valence-corrected chi connectivity index (χ4v) is 1.73. The van der Waals surface area contributed by atoms with Crippen LogP contribution in [0.1, 0.15) is 40.0 Å². The first kappa shape index (κ1) is 8.06. The zero-order valence-electron chi connectivity index (χ0n) is 7.30. The van der Waals surface area contributed by atoms with Gasteiger partial charge >= 0.3 is 0 Å². The third-order valence-electron chi connectivity index (χ3n) is 2.18. The van der Waals surface area contributed by atoms with Gasteiger partial charge < -0.3 is 0 Å². The van der Waals surface area contributed by atoms with E-state index in [2.05, 4.69) is 26.1 Å². The Balaban J connectivity index is 2.18. The van der Waals surface area contributed by atoms with Crippen molar-refractivity contribution in [3.05, 3.63) is 0 Å². The van der Waals surface area contributed by atoms with Crippen molar-refractivity contribution < 1.29 is 0 Å². The summed E-state index contributed by atoms with van der Waals surface area (Å²) in [6.45, 7) is 6.67. The smallest absolute Gasteiger partial charge is 0.0251 e. The highest BCUT2D eigenvalue weighted by Gasteiger charge is 2.21. The monoisotopic (exact) mass is 140 g/mol. The lowest BCUT2D eigenvalue weighted by molar-refractivity contribution is 0.447. The van der Waals surface area contributed by atoms with E-state index in [1.165, 1.54) is 19.3 Å². The summed E-state index contributed by atoms with van der Waals surface area (Å²) in [5, 5.41) is 4.63. The molecule has 0 saturated heterocycles. The quantitative estimate of drug-likeness (QED) is 0.558. The van der Waals surface area contributed by atoms with Crippen molar-refractivity contribution >= 4 is 0 Å². The average Bonchev–Trinajstić information content (AvgIpc) is 2.13. The Bertz CT molecular complexity index is 98.9. The van der Waals surface area contributed by atoms with Crippen LogP contribution in [0.3, 0.4) is 0 Å². The molecule has 0 aromatic rings. The summed E-state index contributed by atoms with van der Waals surface area (Å²) in [5.74, 6) is 0.924. The molecule has 0 N–H and O–H groups in total. The van der Waals surface area contributed by atoms with Crippen LogP contribution in [0.2, 0.25) is 0 Å². The van der Waals surface area contributed by atoms with Crippen molar-refractivity contribution in [3.8, 4) is 0 Å². The molecule has 1 aliphatic carbocycles. The Kier molecular flexibility index (Phi) is 2.72. The summed E-state index contributed by atoms with van der Waals surface area (Å²) in [6, 6.07) is 1.23. The lowest BCUT2D eigenvalue weighted by atomic mass is 10.1. The molecule has 1 radical (unpaired) electrons. The molecule has 1 rings (SSSR count). The number of hydrogen-bond donors (Lipinski definition) is 0. The first-order valence-corrected chi connectivity index (χ1v) is 4.38. The molecule has 0 heterocycles. The summed E-state index contributed by atoms with van der Waals surface area (Å²) in [4.78, 5) is 0. The minimum atomic E-state index is 0.537. The van der Waals surface area contributed by atoms with Crippen molar-refractivity contribution in [1.29, 1.82) is 0 Å². The molecule has 1 saturated carbocycles. The molecule has 2 unspecified atom stereocenters. The van der Waals surface area contributed by atoms with Gasteiger partial charge in [0.15, 0.2) is 0 Å². The molecule has 0 spiro atoms. The maximum Gasteiger partial charge on any atom is 0.0251 e. The van der Waals surface area contributed by atoms with E-state index in [9.17, 15) is 0 Å². The van der Waals surface area contributed by atoms with Crippen molar-refractivity contribution in [2.45, 2.75) is 52.1 Å². The highest BCUT2D eigenvalue weighted by atomic mass is 14.9. The largest absolute Gasteiger partial charge is 0.236 e. The highest BCUT2D eigenvalue weighted by molar-refractivity contribution is 4.78. The summed E-state index contributed by atoms with van der Waals surface area (Å²) in [5.41, 5.74) is 0. The predicted octanol–water partition coefficient (Wildman–Crippen LogP) is 2.19. The lowest BCUT2D eigenvalue weighted by Crippen LogP contribution is -2.25. The Morgan fingerprint density at radius 1 is 1.30 bits per heavy atom. The zero-order chi connectivity index (χ0) is 7.56. The molecule has 0 amide bonds. The molecular weight excluding hydrogens is 122 g/mol. The van der Waals surface area contributed by atoms with Crippen LogP contribution in [0, 0.1) is 5.92 Å². The van der Waals surface area contributed by atoms with Crippen LogP contribution in [0.4, 0.5) is 0 Å². The Morgan fingerprint density at radius 3 is 2.40 bits per heavy atom. The van der Waals surface area contributed by atoms with Gasteiger partial charge in [-0.15, -0.1) is 0 Å². The Morgan fingerprint density at radius 2 is 2.00 bits per heavy atom. The van der Waals surface area contributed by atoms with Crippen LogP contribution in [0.15, 0.2) is 0 Å². The summed E-state index contributed by atoms with van der Waals surface area (Å²) in [6.07, 6.45) is 4.05. The third-order valence-corrected chi connectivity index (χ3v) is 2.18. The van der Waals surface area contributed by atoms with Crippen molar-refractivity contribution in [1.82, 2.24) is 5.32 Å². The van der Waals surface area contributed by atoms with Crippen LogP contribution >= 0.6 is 0 Å². The van der Waals surface area contributed by atoms with Gasteiger partial charge in [0.2, 0.25) is 0 Å². The van der Waals surface area contributed by atoms with E-state index < -0.39 is 0 Å². The second-order valence-electron chi connectivity index (χ2n) is 3.81. The normalized spacial score (nSPS) is 33.6. The topological polar surface area (TPSA) is 14.1 Å². The molecule has 0 aliphatic heterocycles. The van der Waals surface area contributed by atoms with Gasteiger partial charge in [-0.2, -0.15) is 0 Å². The molecule has 2 atom stereocenters. The Hall–Kier alpha value is -0.0400. The fourth-order valence-electron chi connectivity index (χ4n) is 1.73. The van der Waals surface area contributed by atoms with Crippen LogP contribution in [-0.4, -0.2) is 12.1 Å². The standard InChI is InChI=1S/C9H18N/c1-7(2)10-9-5-4-8(3)6-9/h7-9H,4-6H2,1-3H3. The van der Waals surface area contributed by atoms with Crippen molar-refractivity contribution in [2.75, 3.05) is 0 Å². The van der Waals surface area contributed by atoms with Gasteiger partial charge in [0.05, 0.1) is 0 Å². The van der Waals surface area contributed by atoms with Gasteiger partial charge in [-0.25, -0.2) is 5.32 Å².